The van der Waals surface area contributed by atoms with Crippen molar-refractivity contribution in [3.63, 3.8) is 0 Å². The van der Waals surface area contributed by atoms with Crippen LogP contribution in [0.4, 0.5) is 10.2 Å². The van der Waals surface area contributed by atoms with Crippen LogP contribution < -0.4 is 9.64 Å². The first-order valence-electron chi connectivity index (χ1n) is 8.69. The molecule has 4 nitrogen and oxygen atoms in total. The number of amides is 1. The first kappa shape index (κ1) is 18.6. The Bertz CT molecular complexity index is 929. The third-order valence-electron chi connectivity index (χ3n) is 4.30. The van der Waals surface area contributed by atoms with Crippen molar-refractivity contribution in [2.24, 2.45) is 0 Å². The number of aromatic nitrogens is 1. The molecule has 0 bridgehead atoms. The van der Waals surface area contributed by atoms with E-state index in [1.165, 1.54) is 17.0 Å². The molecule has 0 spiro atoms. The van der Waals surface area contributed by atoms with Crippen LogP contribution in [0.5, 0.6) is 5.75 Å². The lowest BCUT2D eigenvalue weighted by Crippen LogP contribution is -2.35. The van der Waals surface area contributed by atoms with E-state index >= 15 is 0 Å². The van der Waals surface area contributed by atoms with E-state index in [9.17, 15) is 9.18 Å². The smallest absolute Gasteiger partial charge is 0.266 e. The Morgan fingerprint density at radius 1 is 1.04 bits per heavy atom. The summed E-state index contributed by atoms with van der Waals surface area (Å²) in [6.45, 7) is 4.10. The lowest BCUT2D eigenvalue weighted by molar-refractivity contribution is -0.120. The van der Waals surface area contributed by atoms with Gasteiger partial charge in [-0.1, -0.05) is 24.3 Å². The molecule has 0 atom stereocenters. The summed E-state index contributed by atoms with van der Waals surface area (Å²) in [7, 11) is 0. The van der Waals surface area contributed by atoms with Gasteiger partial charge in [0.05, 0.1) is 6.54 Å². The van der Waals surface area contributed by atoms with Gasteiger partial charge in [0.2, 0.25) is 0 Å². The fourth-order valence-electron chi connectivity index (χ4n) is 2.65. The fourth-order valence-corrected chi connectivity index (χ4v) is 2.65. The maximum Gasteiger partial charge on any atom is 0.266 e. The largest absolute Gasteiger partial charge is 0.484 e. The van der Waals surface area contributed by atoms with E-state index in [0.717, 1.165) is 11.1 Å². The summed E-state index contributed by atoms with van der Waals surface area (Å²) in [6.07, 6.45) is 1.62. The van der Waals surface area contributed by atoms with E-state index in [4.69, 9.17) is 4.74 Å². The molecular formula is C22H21FN2O2. The van der Waals surface area contributed by atoms with Crippen LogP contribution >= 0.6 is 0 Å². The molecule has 3 rings (SSSR count). The number of aryl methyl sites for hydroxylation is 2. The zero-order valence-electron chi connectivity index (χ0n) is 15.4. The zero-order chi connectivity index (χ0) is 19.2. The molecule has 1 amide bonds. The molecule has 0 aliphatic rings. The number of halogens is 1. The topological polar surface area (TPSA) is 42.4 Å². The van der Waals surface area contributed by atoms with E-state index in [2.05, 4.69) is 4.98 Å². The molecule has 5 heteroatoms. The van der Waals surface area contributed by atoms with Crippen LogP contribution in [0.15, 0.2) is 66.9 Å². The van der Waals surface area contributed by atoms with Crippen molar-refractivity contribution < 1.29 is 13.9 Å². The van der Waals surface area contributed by atoms with Crippen molar-refractivity contribution in [2.45, 2.75) is 20.4 Å². The molecular weight excluding hydrogens is 343 g/mol. The van der Waals surface area contributed by atoms with Crippen LogP contribution in [-0.2, 0) is 11.3 Å². The molecule has 1 aromatic heterocycles. The molecule has 0 unspecified atom stereocenters. The van der Waals surface area contributed by atoms with Gasteiger partial charge in [-0.05, 0) is 66.9 Å². The number of carbonyl (C=O) groups excluding carboxylic acids is 1. The van der Waals surface area contributed by atoms with Crippen molar-refractivity contribution >= 4 is 11.7 Å². The predicted molar refractivity (Wildman–Crippen MR) is 103 cm³/mol. The Morgan fingerprint density at radius 3 is 2.59 bits per heavy atom. The number of benzene rings is 2. The first-order chi connectivity index (χ1) is 13.0. The zero-order valence-corrected chi connectivity index (χ0v) is 15.4. The van der Waals surface area contributed by atoms with E-state index in [0.29, 0.717) is 17.1 Å². The highest BCUT2D eigenvalue weighted by atomic mass is 19.1. The number of rotatable bonds is 6. The van der Waals surface area contributed by atoms with Crippen LogP contribution in [0.1, 0.15) is 16.7 Å². The van der Waals surface area contributed by atoms with Crippen LogP contribution in [-0.4, -0.2) is 17.5 Å². The van der Waals surface area contributed by atoms with Gasteiger partial charge in [0.1, 0.15) is 17.4 Å². The highest BCUT2D eigenvalue weighted by Crippen LogP contribution is 2.18. The Morgan fingerprint density at radius 2 is 1.89 bits per heavy atom. The SMILES string of the molecule is Cc1ccc(OCC(=O)N(Cc2cccc(F)c2)c2ccccn2)cc1C. The molecule has 2 aromatic carbocycles. The molecule has 1 heterocycles. The van der Waals surface area contributed by atoms with Crippen LogP contribution in [0, 0.1) is 19.7 Å². The fraction of sp³-hybridized carbons (Fsp3) is 0.182. The van der Waals surface area contributed by atoms with Crippen LogP contribution in [0.2, 0.25) is 0 Å². The number of anilines is 1. The van der Waals surface area contributed by atoms with Crippen LogP contribution in [0.25, 0.3) is 0 Å². The van der Waals surface area contributed by atoms with Gasteiger partial charge in [0.25, 0.3) is 5.91 Å². The number of hydrogen-bond donors (Lipinski definition) is 0. The van der Waals surface area contributed by atoms with E-state index < -0.39 is 0 Å². The molecule has 27 heavy (non-hydrogen) atoms. The second-order valence-corrected chi connectivity index (χ2v) is 6.33. The molecule has 0 N–H and O–H groups in total. The normalized spacial score (nSPS) is 10.5. The van der Waals surface area contributed by atoms with Gasteiger partial charge < -0.3 is 4.74 Å². The number of carbonyl (C=O) groups is 1. The average molecular weight is 364 g/mol. The third kappa shape index (κ3) is 4.91. The predicted octanol–water partition coefficient (Wildman–Crippen LogP) is 4.45. The second-order valence-electron chi connectivity index (χ2n) is 6.33. The lowest BCUT2D eigenvalue weighted by Gasteiger charge is -2.22. The van der Waals surface area contributed by atoms with E-state index in [-0.39, 0.29) is 24.9 Å². The number of pyridine rings is 1. The van der Waals surface area contributed by atoms with Crippen LogP contribution in [0.3, 0.4) is 0 Å². The molecule has 0 aliphatic heterocycles. The highest BCUT2D eigenvalue weighted by Gasteiger charge is 2.18. The minimum Gasteiger partial charge on any atom is -0.484 e. The summed E-state index contributed by atoms with van der Waals surface area (Å²) >= 11 is 0. The van der Waals surface area contributed by atoms with E-state index in [1.54, 1.807) is 36.5 Å². The van der Waals surface area contributed by atoms with Gasteiger partial charge in [0.15, 0.2) is 6.61 Å². The number of hydrogen-bond acceptors (Lipinski definition) is 3. The summed E-state index contributed by atoms with van der Waals surface area (Å²) in [5, 5.41) is 0. The molecule has 0 saturated carbocycles. The Hall–Kier alpha value is -3.21. The quantitative estimate of drug-likeness (QED) is 0.649. The maximum atomic E-state index is 13.5. The Labute approximate surface area is 158 Å². The highest BCUT2D eigenvalue weighted by molar-refractivity contribution is 5.93. The average Bonchev–Trinajstić information content (AvgIpc) is 2.67. The van der Waals surface area contributed by atoms with Gasteiger partial charge in [-0.15, -0.1) is 0 Å². The number of nitrogens with zero attached hydrogens (tertiary/aromatic N) is 2. The molecule has 0 radical (unpaired) electrons. The minimum absolute atomic E-state index is 0.131. The van der Waals surface area contributed by atoms with Gasteiger partial charge in [0, 0.05) is 6.20 Å². The molecule has 3 aromatic rings. The van der Waals surface area contributed by atoms with Gasteiger partial charge >= 0.3 is 0 Å². The molecule has 0 aliphatic carbocycles. The summed E-state index contributed by atoms with van der Waals surface area (Å²) in [5.74, 6) is 0.539. The van der Waals surface area contributed by atoms with Gasteiger partial charge in [-0.3, -0.25) is 9.69 Å². The summed E-state index contributed by atoms with van der Waals surface area (Å²) < 4.78 is 19.2. The first-order valence-corrected chi connectivity index (χ1v) is 8.69. The van der Waals surface area contributed by atoms with Crippen molar-refractivity contribution in [3.05, 3.63) is 89.4 Å². The minimum atomic E-state index is -0.340. The van der Waals surface area contributed by atoms with Gasteiger partial charge in [-0.2, -0.15) is 0 Å². The lowest BCUT2D eigenvalue weighted by atomic mass is 10.1. The number of ether oxygens (including phenoxy) is 1. The summed E-state index contributed by atoms with van der Waals surface area (Å²) in [6, 6.07) is 17.2. The van der Waals surface area contributed by atoms with Crippen molar-refractivity contribution in [3.8, 4) is 5.75 Å². The Kier molecular flexibility index (Phi) is 5.81. The van der Waals surface area contributed by atoms with Crippen molar-refractivity contribution in [2.75, 3.05) is 11.5 Å². The summed E-state index contributed by atoms with van der Waals surface area (Å²) in [5.41, 5.74) is 2.94. The molecule has 0 saturated heterocycles. The second kappa shape index (κ2) is 8.45. The standard InChI is InChI=1S/C22H21FN2O2/c1-16-9-10-20(12-17(16)2)27-15-22(26)25(21-8-3-4-11-24-21)14-18-6-5-7-19(23)13-18/h3-13H,14-15H2,1-2H3. The monoisotopic (exact) mass is 364 g/mol. The molecule has 138 valence electrons. The third-order valence-corrected chi connectivity index (χ3v) is 4.30. The Balaban J connectivity index is 1.77. The van der Waals surface area contributed by atoms with E-state index in [1.807, 2.05) is 32.0 Å². The molecule has 0 fully saturated rings. The maximum absolute atomic E-state index is 13.5. The summed E-state index contributed by atoms with van der Waals surface area (Å²) in [4.78, 5) is 18.6. The van der Waals surface area contributed by atoms with Gasteiger partial charge in [-0.25, -0.2) is 9.37 Å². The van der Waals surface area contributed by atoms with Crippen molar-refractivity contribution in [1.29, 1.82) is 0 Å². The van der Waals surface area contributed by atoms with Crippen molar-refractivity contribution in [1.82, 2.24) is 4.98 Å².